The summed E-state index contributed by atoms with van der Waals surface area (Å²) in [5.41, 5.74) is 12.9. The molecule has 210 valence electrons. The van der Waals surface area contributed by atoms with E-state index < -0.39 is 5.41 Å². The number of para-hydroxylation sites is 3. The summed E-state index contributed by atoms with van der Waals surface area (Å²) >= 11 is 0. The zero-order valence-electron chi connectivity index (χ0n) is 24.4. The standard InChI is InChI=1S/C43H27NO/c1-3-13-28(14-4-1)29-23-26-40-37(27-29)43(36-20-10-12-22-39(36)45-40)35-19-9-7-17-31(35)33-24-25-34-32-18-8-11-21-38(32)44(42(34)41(33)43)30-15-5-2-6-16-30/h1-27H. The molecule has 8 aromatic rings. The average Bonchev–Trinajstić information content (AvgIpc) is 3.60. The van der Waals surface area contributed by atoms with Crippen molar-refractivity contribution in [2.24, 2.45) is 0 Å². The van der Waals surface area contributed by atoms with Gasteiger partial charge in [0.05, 0.1) is 16.4 Å². The molecular formula is C43H27NO. The predicted molar refractivity (Wildman–Crippen MR) is 184 cm³/mol. The minimum atomic E-state index is -0.596. The molecule has 0 amide bonds. The molecule has 1 aliphatic carbocycles. The second kappa shape index (κ2) is 9.07. The number of nitrogens with zero attached hydrogens (tertiary/aromatic N) is 1. The van der Waals surface area contributed by atoms with E-state index in [2.05, 4.69) is 168 Å². The van der Waals surface area contributed by atoms with E-state index in [0.717, 1.165) is 17.2 Å². The maximum absolute atomic E-state index is 6.76. The minimum absolute atomic E-state index is 0.596. The van der Waals surface area contributed by atoms with Gasteiger partial charge in [0.25, 0.3) is 0 Å². The minimum Gasteiger partial charge on any atom is -0.457 e. The number of hydrogen-bond donors (Lipinski definition) is 0. The first kappa shape index (κ1) is 24.6. The highest BCUT2D eigenvalue weighted by molar-refractivity contribution is 6.14. The van der Waals surface area contributed by atoms with Crippen molar-refractivity contribution in [3.63, 3.8) is 0 Å². The molecule has 2 nitrogen and oxygen atoms in total. The SMILES string of the molecule is c1ccc(-c2ccc3c(c2)C2(c4ccccc4O3)c3ccccc3-c3ccc4c5ccccc5n(-c5ccccc5)c4c32)cc1. The average molecular weight is 574 g/mol. The van der Waals surface area contributed by atoms with Crippen molar-refractivity contribution in [2.75, 3.05) is 0 Å². The maximum Gasteiger partial charge on any atom is 0.132 e. The first-order valence-electron chi connectivity index (χ1n) is 15.5. The van der Waals surface area contributed by atoms with Crippen molar-refractivity contribution in [1.82, 2.24) is 4.57 Å². The van der Waals surface area contributed by atoms with Gasteiger partial charge in [0.15, 0.2) is 0 Å². The summed E-state index contributed by atoms with van der Waals surface area (Å²) in [6.45, 7) is 0. The second-order valence-electron chi connectivity index (χ2n) is 12.0. The number of ether oxygens (including phenoxy) is 1. The molecular weight excluding hydrogens is 546 g/mol. The quantitative estimate of drug-likeness (QED) is 0.201. The van der Waals surface area contributed by atoms with Crippen LogP contribution in [0, 0.1) is 0 Å². The van der Waals surface area contributed by atoms with Crippen LogP contribution in [0.15, 0.2) is 164 Å². The van der Waals surface area contributed by atoms with Gasteiger partial charge in [-0.2, -0.15) is 0 Å². The maximum atomic E-state index is 6.76. The number of fused-ring (bicyclic) bond motifs is 13. The molecule has 0 fully saturated rings. The Labute approximate surface area is 261 Å². The van der Waals surface area contributed by atoms with Gasteiger partial charge < -0.3 is 9.30 Å². The Hall–Kier alpha value is -5.86. The van der Waals surface area contributed by atoms with Gasteiger partial charge in [-0.25, -0.2) is 0 Å². The van der Waals surface area contributed by atoms with E-state index in [-0.39, 0.29) is 0 Å². The fourth-order valence-corrected chi connectivity index (χ4v) is 8.10. The highest BCUT2D eigenvalue weighted by Gasteiger charge is 2.52. The summed E-state index contributed by atoms with van der Waals surface area (Å²) in [5, 5.41) is 2.51. The van der Waals surface area contributed by atoms with Crippen LogP contribution in [0.5, 0.6) is 11.5 Å². The third-order valence-corrected chi connectivity index (χ3v) is 9.85. The summed E-state index contributed by atoms with van der Waals surface area (Å²) < 4.78 is 9.25. The Morgan fingerprint density at radius 1 is 0.444 bits per heavy atom. The van der Waals surface area contributed by atoms with Crippen molar-refractivity contribution in [3.8, 4) is 39.4 Å². The highest BCUT2D eigenvalue weighted by Crippen LogP contribution is 2.64. The van der Waals surface area contributed by atoms with Crippen LogP contribution in [0.1, 0.15) is 22.3 Å². The van der Waals surface area contributed by atoms with Crippen LogP contribution in [-0.4, -0.2) is 4.57 Å². The molecule has 1 atom stereocenters. The third-order valence-electron chi connectivity index (χ3n) is 9.85. The normalized spacial score (nSPS) is 15.8. The first-order valence-corrected chi connectivity index (χ1v) is 15.5. The number of hydrogen-bond acceptors (Lipinski definition) is 1. The second-order valence-corrected chi connectivity index (χ2v) is 12.0. The lowest BCUT2D eigenvalue weighted by molar-refractivity contribution is 0.437. The van der Waals surface area contributed by atoms with Gasteiger partial charge in [0, 0.05) is 33.2 Å². The van der Waals surface area contributed by atoms with Crippen LogP contribution in [0.4, 0.5) is 0 Å². The summed E-state index contributed by atoms with van der Waals surface area (Å²) in [7, 11) is 0. The van der Waals surface area contributed by atoms with Gasteiger partial charge >= 0.3 is 0 Å². The third kappa shape index (κ3) is 3.18. The number of benzene rings is 7. The Morgan fingerprint density at radius 3 is 2.00 bits per heavy atom. The van der Waals surface area contributed by atoms with E-state index in [1.165, 1.54) is 66.3 Å². The van der Waals surface area contributed by atoms with Crippen LogP contribution >= 0.6 is 0 Å². The van der Waals surface area contributed by atoms with E-state index in [1.54, 1.807) is 0 Å². The summed E-state index contributed by atoms with van der Waals surface area (Å²) in [4.78, 5) is 0. The zero-order chi connectivity index (χ0) is 29.5. The van der Waals surface area contributed by atoms with E-state index in [9.17, 15) is 0 Å². The van der Waals surface area contributed by atoms with E-state index in [1.807, 2.05) is 0 Å². The fourth-order valence-electron chi connectivity index (χ4n) is 8.10. The Kier molecular flexibility index (Phi) is 4.95. The van der Waals surface area contributed by atoms with Crippen molar-refractivity contribution in [3.05, 3.63) is 186 Å². The van der Waals surface area contributed by atoms with Crippen molar-refractivity contribution in [2.45, 2.75) is 5.41 Å². The van der Waals surface area contributed by atoms with E-state index >= 15 is 0 Å². The topological polar surface area (TPSA) is 14.2 Å². The number of aromatic nitrogens is 1. The van der Waals surface area contributed by atoms with Gasteiger partial charge in [-0.1, -0.05) is 127 Å². The Balaban J connectivity index is 1.45. The molecule has 0 radical (unpaired) electrons. The van der Waals surface area contributed by atoms with Crippen molar-refractivity contribution >= 4 is 21.8 Å². The van der Waals surface area contributed by atoms with Gasteiger partial charge in [-0.05, 0) is 64.2 Å². The van der Waals surface area contributed by atoms with E-state index in [4.69, 9.17) is 4.74 Å². The molecule has 0 bridgehead atoms. The molecule has 2 heterocycles. The lowest BCUT2D eigenvalue weighted by Gasteiger charge is -2.40. The van der Waals surface area contributed by atoms with Crippen LogP contribution < -0.4 is 4.74 Å². The number of rotatable bonds is 2. The van der Waals surface area contributed by atoms with Crippen LogP contribution in [0.25, 0.3) is 49.7 Å². The summed E-state index contributed by atoms with van der Waals surface area (Å²) in [6.07, 6.45) is 0. The molecule has 0 N–H and O–H groups in total. The molecule has 2 heteroatoms. The van der Waals surface area contributed by atoms with Crippen molar-refractivity contribution in [1.29, 1.82) is 0 Å². The lowest BCUT2D eigenvalue weighted by Crippen LogP contribution is -2.32. The highest BCUT2D eigenvalue weighted by atomic mass is 16.5. The largest absolute Gasteiger partial charge is 0.457 e. The molecule has 7 aromatic carbocycles. The predicted octanol–water partition coefficient (Wildman–Crippen LogP) is 10.9. The van der Waals surface area contributed by atoms with Gasteiger partial charge in [-0.15, -0.1) is 0 Å². The van der Waals surface area contributed by atoms with Gasteiger partial charge in [0.2, 0.25) is 0 Å². The molecule has 45 heavy (non-hydrogen) atoms. The molecule has 1 aromatic heterocycles. The Morgan fingerprint density at radius 2 is 1.13 bits per heavy atom. The van der Waals surface area contributed by atoms with Crippen LogP contribution in [-0.2, 0) is 5.41 Å². The Bertz CT molecular complexity index is 2460. The molecule has 1 spiro atoms. The monoisotopic (exact) mass is 573 g/mol. The zero-order valence-corrected chi connectivity index (χ0v) is 24.4. The molecule has 0 saturated carbocycles. The van der Waals surface area contributed by atoms with E-state index in [0.29, 0.717) is 0 Å². The first-order chi connectivity index (χ1) is 22.3. The molecule has 1 unspecified atom stereocenters. The summed E-state index contributed by atoms with van der Waals surface area (Å²) in [5.74, 6) is 1.80. The van der Waals surface area contributed by atoms with Crippen LogP contribution in [0.2, 0.25) is 0 Å². The van der Waals surface area contributed by atoms with Gasteiger partial charge in [0.1, 0.15) is 11.5 Å². The smallest absolute Gasteiger partial charge is 0.132 e. The molecule has 1 aliphatic heterocycles. The van der Waals surface area contributed by atoms with Crippen LogP contribution in [0.3, 0.4) is 0 Å². The molecule has 0 saturated heterocycles. The van der Waals surface area contributed by atoms with Gasteiger partial charge in [-0.3, -0.25) is 0 Å². The fraction of sp³-hybridized carbons (Fsp3) is 0.0233. The lowest BCUT2D eigenvalue weighted by atomic mass is 9.65. The van der Waals surface area contributed by atoms with Crippen molar-refractivity contribution < 1.29 is 4.74 Å². The molecule has 2 aliphatic rings. The molecule has 10 rings (SSSR count). The summed E-state index contributed by atoms with van der Waals surface area (Å²) in [6, 6.07) is 59.3.